The summed E-state index contributed by atoms with van der Waals surface area (Å²) in [5, 5.41) is 0.506. The van der Waals surface area contributed by atoms with Gasteiger partial charge in [0.05, 0.1) is 10.9 Å². The molecule has 0 atom stereocenters. The first kappa shape index (κ1) is 13.1. The van der Waals surface area contributed by atoms with E-state index in [9.17, 15) is 9.59 Å². The number of benzene rings is 2. The van der Waals surface area contributed by atoms with E-state index in [2.05, 4.69) is 0 Å². The number of hydrogen-bond donors (Lipinski definition) is 0. The average molecular weight is 276 g/mol. The molecule has 0 unspecified atom stereocenters. The fourth-order valence-corrected chi connectivity index (χ4v) is 2.07. The lowest BCUT2D eigenvalue weighted by Gasteiger charge is -1.98. The fraction of sp³-hybridized carbons (Fsp3) is 0. The molecule has 2 aromatic carbocycles. The smallest absolute Gasteiger partial charge is 0.199 e. The van der Waals surface area contributed by atoms with Crippen LogP contribution >= 0.6 is 0 Å². The van der Waals surface area contributed by atoms with Crippen molar-refractivity contribution in [3.05, 3.63) is 88.3 Å². The Labute approximate surface area is 121 Å². The highest BCUT2D eigenvalue weighted by molar-refractivity contribution is 6.06. The van der Waals surface area contributed by atoms with Gasteiger partial charge in [0, 0.05) is 5.56 Å². The molecule has 3 rings (SSSR count). The van der Waals surface area contributed by atoms with E-state index in [0.29, 0.717) is 22.1 Å². The van der Waals surface area contributed by atoms with Crippen LogP contribution in [-0.4, -0.2) is 5.78 Å². The van der Waals surface area contributed by atoms with Gasteiger partial charge >= 0.3 is 0 Å². The summed E-state index contributed by atoms with van der Waals surface area (Å²) in [6.45, 7) is 0. The quantitative estimate of drug-likeness (QED) is 0.541. The Balaban J connectivity index is 1.95. The molecule has 0 radical (unpaired) electrons. The van der Waals surface area contributed by atoms with Crippen LogP contribution in [0.15, 0.2) is 76.1 Å². The normalized spacial score (nSPS) is 11.0. The third-order valence-corrected chi connectivity index (χ3v) is 3.18. The predicted molar refractivity (Wildman–Crippen MR) is 82.3 cm³/mol. The van der Waals surface area contributed by atoms with Gasteiger partial charge in [0.2, 0.25) is 0 Å². The second-order valence-electron chi connectivity index (χ2n) is 4.58. The number of hydrogen-bond acceptors (Lipinski definition) is 3. The molecule has 1 heterocycles. The standard InChI is InChI=1S/C18H12O3/c19-16(13-6-2-1-3-7-13)11-10-14-12-21-17-9-5-4-8-15(17)18(14)20/h1-12H. The Morgan fingerprint density at radius 3 is 2.48 bits per heavy atom. The van der Waals surface area contributed by atoms with Gasteiger partial charge in [0.25, 0.3) is 0 Å². The third-order valence-electron chi connectivity index (χ3n) is 3.18. The molecule has 0 aliphatic heterocycles. The number of carbonyl (C=O) groups is 1. The molecule has 3 aromatic rings. The monoisotopic (exact) mass is 276 g/mol. The molecule has 0 saturated carbocycles. The summed E-state index contributed by atoms with van der Waals surface area (Å²) >= 11 is 0. The van der Waals surface area contributed by atoms with Crippen molar-refractivity contribution in [2.75, 3.05) is 0 Å². The zero-order chi connectivity index (χ0) is 14.7. The number of fused-ring (bicyclic) bond motifs is 1. The van der Waals surface area contributed by atoms with Gasteiger partial charge in [0.1, 0.15) is 11.8 Å². The zero-order valence-corrected chi connectivity index (χ0v) is 11.2. The molecule has 3 heteroatoms. The SMILES string of the molecule is O=C(C=Cc1coc2ccccc2c1=O)c1ccccc1. The number of carbonyl (C=O) groups excluding carboxylic acids is 1. The zero-order valence-electron chi connectivity index (χ0n) is 11.2. The van der Waals surface area contributed by atoms with Crippen molar-refractivity contribution in [3.8, 4) is 0 Å². The van der Waals surface area contributed by atoms with Crippen molar-refractivity contribution in [3.63, 3.8) is 0 Å². The Hall–Kier alpha value is -2.94. The summed E-state index contributed by atoms with van der Waals surface area (Å²) in [5.41, 5.74) is 1.33. The Morgan fingerprint density at radius 1 is 0.952 bits per heavy atom. The largest absolute Gasteiger partial charge is 0.463 e. The summed E-state index contributed by atoms with van der Waals surface area (Å²) in [4.78, 5) is 24.2. The van der Waals surface area contributed by atoms with Gasteiger partial charge in [-0.25, -0.2) is 0 Å². The van der Waals surface area contributed by atoms with Gasteiger partial charge in [-0.2, -0.15) is 0 Å². The first-order chi connectivity index (χ1) is 10.3. The van der Waals surface area contributed by atoms with Gasteiger partial charge < -0.3 is 4.42 Å². The van der Waals surface area contributed by atoms with E-state index in [0.717, 1.165) is 0 Å². The lowest BCUT2D eigenvalue weighted by Crippen LogP contribution is -2.05. The second-order valence-corrected chi connectivity index (χ2v) is 4.58. The summed E-state index contributed by atoms with van der Waals surface area (Å²) in [7, 11) is 0. The topological polar surface area (TPSA) is 47.3 Å². The first-order valence-electron chi connectivity index (χ1n) is 6.54. The molecule has 0 N–H and O–H groups in total. The molecular weight excluding hydrogens is 264 g/mol. The van der Waals surface area contributed by atoms with Gasteiger partial charge in [-0.15, -0.1) is 0 Å². The van der Waals surface area contributed by atoms with Crippen LogP contribution < -0.4 is 5.43 Å². The maximum atomic E-state index is 12.3. The lowest BCUT2D eigenvalue weighted by atomic mass is 10.1. The van der Waals surface area contributed by atoms with E-state index in [-0.39, 0.29) is 11.2 Å². The summed E-state index contributed by atoms with van der Waals surface area (Å²) in [5.74, 6) is -0.150. The molecule has 0 aliphatic rings. The molecule has 0 bridgehead atoms. The van der Waals surface area contributed by atoms with E-state index in [4.69, 9.17) is 4.42 Å². The van der Waals surface area contributed by atoms with E-state index < -0.39 is 0 Å². The number of ketones is 1. The minimum atomic E-state index is -0.150. The molecular formula is C18H12O3. The molecule has 0 spiro atoms. The Kier molecular flexibility index (Phi) is 3.48. The van der Waals surface area contributed by atoms with Crippen LogP contribution in [0.1, 0.15) is 15.9 Å². The van der Waals surface area contributed by atoms with Crippen LogP contribution in [0.2, 0.25) is 0 Å². The Morgan fingerprint density at radius 2 is 1.67 bits per heavy atom. The summed E-state index contributed by atoms with van der Waals surface area (Å²) in [6.07, 6.45) is 4.25. The van der Waals surface area contributed by atoms with Crippen LogP contribution in [-0.2, 0) is 0 Å². The second kappa shape index (κ2) is 5.59. The third kappa shape index (κ3) is 2.67. The number of allylic oxidation sites excluding steroid dienone is 1. The molecule has 0 amide bonds. The van der Waals surface area contributed by atoms with Gasteiger partial charge in [-0.3, -0.25) is 9.59 Å². The van der Waals surface area contributed by atoms with Crippen LogP contribution in [0.5, 0.6) is 0 Å². The average Bonchev–Trinajstić information content (AvgIpc) is 2.55. The highest BCUT2D eigenvalue weighted by Crippen LogP contribution is 2.11. The Bertz CT molecular complexity index is 874. The van der Waals surface area contributed by atoms with Crippen LogP contribution in [0.4, 0.5) is 0 Å². The van der Waals surface area contributed by atoms with Crippen molar-refractivity contribution in [2.24, 2.45) is 0 Å². The number of rotatable bonds is 3. The molecule has 102 valence electrons. The summed E-state index contributed by atoms with van der Waals surface area (Å²) < 4.78 is 5.40. The van der Waals surface area contributed by atoms with Gasteiger partial charge in [-0.05, 0) is 24.3 Å². The molecule has 21 heavy (non-hydrogen) atoms. The van der Waals surface area contributed by atoms with E-state index in [1.807, 2.05) is 6.07 Å². The minimum Gasteiger partial charge on any atom is -0.463 e. The molecule has 0 saturated heterocycles. The maximum absolute atomic E-state index is 12.3. The summed E-state index contributed by atoms with van der Waals surface area (Å²) in [6, 6.07) is 15.9. The van der Waals surface area contributed by atoms with Crippen molar-refractivity contribution < 1.29 is 9.21 Å². The van der Waals surface area contributed by atoms with Crippen molar-refractivity contribution in [2.45, 2.75) is 0 Å². The fourth-order valence-electron chi connectivity index (χ4n) is 2.07. The molecule has 1 aromatic heterocycles. The molecule has 0 fully saturated rings. The van der Waals surface area contributed by atoms with E-state index in [1.54, 1.807) is 48.5 Å². The maximum Gasteiger partial charge on any atom is 0.199 e. The minimum absolute atomic E-state index is 0.144. The van der Waals surface area contributed by atoms with Gasteiger partial charge in [0.15, 0.2) is 11.2 Å². The van der Waals surface area contributed by atoms with Gasteiger partial charge in [-0.1, -0.05) is 42.5 Å². The molecule has 3 nitrogen and oxygen atoms in total. The van der Waals surface area contributed by atoms with Crippen LogP contribution in [0, 0.1) is 0 Å². The molecule has 0 aliphatic carbocycles. The first-order valence-corrected chi connectivity index (χ1v) is 6.54. The number of para-hydroxylation sites is 1. The predicted octanol–water partition coefficient (Wildman–Crippen LogP) is 3.69. The lowest BCUT2D eigenvalue weighted by molar-refractivity contribution is 0.104. The van der Waals surface area contributed by atoms with Crippen LogP contribution in [0.25, 0.3) is 17.0 Å². The highest BCUT2D eigenvalue weighted by Gasteiger charge is 2.05. The van der Waals surface area contributed by atoms with Crippen molar-refractivity contribution in [1.29, 1.82) is 0 Å². The highest BCUT2D eigenvalue weighted by atomic mass is 16.3. The van der Waals surface area contributed by atoms with Crippen molar-refractivity contribution in [1.82, 2.24) is 0 Å². The van der Waals surface area contributed by atoms with Crippen molar-refractivity contribution >= 4 is 22.8 Å². The van der Waals surface area contributed by atoms with E-state index in [1.165, 1.54) is 18.4 Å². The van der Waals surface area contributed by atoms with Crippen LogP contribution in [0.3, 0.4) is 0 Å². The van der Waals surface area contributed by atoms with E-state index >= 15 is 0 Å².